The minimum absolute atomic E-state index is 0.167. The second-order valence-corrected chi connectivity index (χ2v) is 5.20. The number of amides is 1. The topological polar surface area (TPSA) is 38.3 Å². The molecule has 0 fully saturated rings. The lowest BCUT2D eigenvalue weighted by molar-refractivity contribution is 0.0512. The molecule has 1 aliphatic carbocycles. The molecular weight excluding hydrogens is 190 g/mol. The first kappa shape index (κ1) is 12.1. The molecule has 1 N–H and O–H groups in total. The molecule has 15 heavy (non-hydrogen) atoms. The number of rotatable bonds is 1. The van der Waals surface area contributed by atoms with Gasteiger partial charge in [0.15, 0.2) is 0 Å². The summed E-state index contributed by atoms with van der Waals surface area (Å²) in [7, 11) is 0. The molecule has 0 spiro atoms. The van der Waals surface area contributed by atoms with Crippen molar-refractivity contribution >= 4 is 6.09 Å². The van der Waals surface area contributed by atoms with E-state index in [4.69, 9.17) is 4.74 Å². The lowest BCUT2D eigenvalue weighted by Gasteiger charge is -2.22. The van der Waals surface area contributed by atoms with Gasteiger partial charge in [-0.1, -0.05) is 11.1 Å². The zero-order chi connectivity index (χ0) is 11.6. The Bertz CT molecular complexity index is 286. The third-order valence-electron chi connectivity index (χ3n) is 2.69. The van der Waals surface area contributed by atoms with Gasteiger partial charge in [0.2, 0.25) is 0 Å². The molecule has 0 bridgehead atoms. The van der Waals surface area contributed by atoms with Crippen LogP contribution in [0.25, 0.3) is 0 Å². The second-order valence-electron chi connectivity index (χ2n) is 5.20. The highest BCUT2D eigenvalue weighted by Gasteiger charge is 2.24. The third-order valence-corrected chi connectivity index (χ3v) is 2.69. The number of nitrogens with one attached hydrogen (secondary N) is 1. The molecule has 0 aromatic carbocycles. The van der Waals surface area contributed by atoms with Crippen LogP contribution in [0.15, 0.2) is 11.1 Å². The molecule has 0 aromatic heterocycles. The maximum absolute atomic E-state index is 11.5. The molecule has 1 atom stereocenters. The van der Waals surface area contributed by atoms with Gasteiger partial charge in [-0.3, -0.25) is 0 Å². The lowest BCUT2D eigenvalue weighted by atomic mass is 10.1. The lowest BCUT2D eigenvalue weighted by Crippen LogP contribution is -2.38. The number of hydrogen-bond acceptors (Lipinski definition) is 2. The van der Waals surface area contributed by atoms with Gasteiger partial charge in [-0.15, -0.1) is 0 Å². The standard InChI is InChI=1S/C12H21NO2/c1-8-6-7-10(9(8)2)13-11(14)15-12(3,4)5/h10H,6-7H2,1-5H3,(H,13,14). The highest BCUT2D eigenvalue weighted by molar-refractivity contribution is 5.68. The summed E-state index contributed by atoms with van der Waals surface area (Å²) in [5.41, 5.74) is 2.24. The van der Waals surface area contributed by atoms with Gasteiger partial charge in [0.1, 0.15) is 5.60 Å². The maximum Gasteiger partial charge on any atom is 0.408 e. The van der Waals surface area contributed by atoms with E-state index in [2.05, 4.69) is 19.2 Å². The van der Waals surface area contributed by atoms with Crippen molar-refractivity contribution in [1.29, 1.82) is 0 Å². The molecule has 0 aliphatic heterocycles. The molecule has 0 saturated heterocycles. The Morgan fingerprint density at radius 2 is 2.00 bits per heavy atom. The van der Waals surface area contributed by atoms with Gasteiger partial charge in [0, 0.05) is 0 Å². The van der Waals surface area contributed by atoms with Gasteiger partial charge < -0.3 is 10.1 Å². The molecule has 0 aromatic rings. The Kier molecular flexibility index (Phi) is 3.42. The minimum atomic E-state index is -0.421. The van der Waals surface area contributed by atoms with Crippen molar-refractivity contribution in [3.63, 3.8) is 0 Å². The van der Waals surface area contributed by atoms with Crippen molar-refractivity contribution in [2.24, 2.45) is 0 Å². The van der Waals surface area contributed by atoms with E-state index in [9.17, 15) is 4.79 Å². The number of carbonyl (C=O) groups excluding carboxylic acids is 1. The Hall–Kier alpha value is -0.990. The molecule has 1 aliphatic rings. The summed E-state index contributed by atoms with van der Waals surface area (Å²) in [6.07, 6.45) is 1.75. The van der Waals surface area contributed by atoms with Crippen LogP contribution in [0.5, 0.6) is 0 Å². The fraction of sp³-hybridized carbons (Fsp3) is 0.750. The fourth-order valence-corrected chi connectivity index (χ4v) is 1.70. The van der Waals surface area contributed by atoms with Crippen molar-refractivity contribution in [3.8, 4) is 0 Å². The van der Waals surface area contributed by atoms with Crippen molar-refractivity contribution in [1.82, 2.24) is 5.32 Å². The van der Waals surface area contributed by atoms with E-state index in [1.54, 1.807) is 0 Å². The van der Waals surface area contributed by atoms with E-state index in [0.717, 1.165) is 12.8 Å². The van der Waals surface area contributed by atoms with Gasteiger partial charge in [-0.05, 0) is 47.5 Å². The molecular formula is C12H21NO2. The zero-order valence-electron chi connectivity index (χ0n) is 10.3. The largest absolute Gasteiger partial charge is 0.444 e. The molecule has 3 heteroatoms. The van der Waals surface area contributed by atoms with Crippen LogP contribution >= 0.6 is 0 Å². The van der Waals surface area contributed by atoms with E-state index < -0.39 is 5.60 Å². The Labute approximate surface area is 91.9 Å². The van der Waals surface area contributed by atoms with Crippen LogP contribution in [0.4, 0.5) is 4.79 Å². The van der Waals surface area contributed by atoms with E-state index >= 15 is 0 Å². The smallest absolute Gasteiger partial charge is 0.408 e. The summed E-state index contributed by atoms with van der Waals surface area (Å²) in [6, 6.07) is 0.167. The number of alkyl carbamates (subject to hydrolysis) is 1. The quantitative estimate of drug-likeness (QED) is 0.677. The third kappa shape index (κ3) is 3.57. The van der Waals surface area contributed by atoms with Gasteiger partial charge in [0.05, 0.1) is 6.04 Å². The van der Waals surface area contributed by atoms with E-state index in [0.29, 0.717) is 0 Å². The summed E-state index contributed by atoms with van der Waals surface area (Å²) in [5, 5.41) is 2.90. The molecule has 0 heterocycles. The number of hydrogen-bond donors (Lipinski definition) is 1. The predicted octanol–water partition coefficient (Wildman–Crippen LogP) is 3.01. The van der Waals surface area contributed by atoms with Crippen LogP contribution in [0.3, 0.4) is 0 Å². The van der Waals surface area contributed by atoms with Crippen LogP contribution in [0.2, 0.25) is 0 Å². The maximum atomic E-state index is 11.5. The predicted molar refractivity (Wildman–Crippen MR) is 60.8 cm³/mol. The molecule has 0 saturated carbocycles. The number of ether oxygens (including phenoxy) is 1. The van der Waals surface area contributed by atoms with Crippen molar-refractivity contribution in [2.75, 3.05) is 0 Å². The molecule has 1 unspecified atom stereocenters. The summed E-state index contributed by atoms with van der Waals surface area (Å²) in [5.74, 6) is 0. The molecule has 3 nitrogen and oxygen atoms in total. The molecule has 1 amide bonds. The van der Waals surface area contributed by atoms with Crippen molar-refractivity contribution in [2.45, 2.75) is 59.1 Å². The van der Waals surface area contributed by atoms with Gasteiger partial charge >= 0.3 is 6.09 Å². The average molecular weight is 211 g/mol. The average Bonchev–Trinajstić information content (AvgIpc) is 2.32. The van der Waals surface area contributed by atoms with Crippen LogP contribution in [0, 0.1) is 0 Å². The Morgan fingerprint density at radius 1 is 1.40 bits per heavy atom. The summed E-state index contributed by atoms with van der Waals surface area (Å²) < 4.78 is 5.21. The first-order valence-corrected chi connectivity index (χ1v) is 5.45. The highest BCUT2D eigenvalue weighted by atomic mass is 16.6. The molecule has 1 rings (SSSR count). The van der Waals surface area contributed by atoms with Gasteiger partial charge in [-0.2, -0.15) is 0 Å². The first-order valence-electron chi connectivity index (χ1n) is 5.45. The normalized spacial score (nSPS) is 21.8. The number of carbonyl (C=O) groups is 1. The Balaban J connectivity index is 2.47. The minimum Gasteiger partial charge on any atom is -0.444 e. The Morgan fingerprint density at radius 3 is 2.40 bits per heavy atom. The second kappa shape index (κ2) is 4.25. The SMILES string of the molecule is CC1=C(C)C(NC(=O)OC(C)(C)C)CC1. The van der Waals surface area contributed by atoms with Crippen molar-refractivity contribution < 1.29 is 9.53 Å². The van der Waals surface area contributed by atoms with E-state index in [1.165, 1.54) is 11.1 Å². The summed E-state index contributed by atoms with van der Waals surface area (Å²) in [4.78, 5) is 11.5. The monoisotopic (exact) mass is 211 g/mol. The summed E-state index contributed by atoms with van der Waals surface area (Å²) in [6.45, 7) is 9.80. The van der Waals surface area contributed by atoms with Crippen molar-refractivity contribution in [3.05, 3.63) is 11.1 Å². The van der Waals surface area contributed by atoms with E-state index in [1.807, 2.05) is 20.8 Å². The van der Waals surface area contributed by atoms with Crippen LogP contribution in [-0.4, -0.2) is 17.7 Å². The zero-order valence-corrected chi connectivity index (χ0v) is 10.3. The van der Waals surface area contributed by atoms with Crippen LogP contribution in [-0.2, 0) is 4.74 Å². The van der Waals surface area contributed by atoms with E-state index in [-0.39, 0.29) is 12.1 Å². The van der Waals surface area contributed by atoms with Gasteiger partial charge in [-0.25, -0.2) is 4.79 Å². The highest BCUT2D eigenvalue weighted by Crippen LogP contribution is 2.25. The number of allylic oxidation sites excluding steroid dienone is 1. The first-order chi connectivity index (χ1) is 6.79. The van der Waals surface area contributed by atoms with Crippen LogP contribution < -0.4 is 5.32 Å². The van der Waals surface area contributed by atoms with Crippen LogP contribution in [0.1, 0.15) is 47.5 Å². The van der Waals surface area contributed by atoms with Gasteiger partial charge in [0.25, 0.3) is 0 Å². The summed E-state index contributed by atoms with van der Waals surface area (Å²) >= 11 is 0. The fourth-order valence-electron chi connectivity index (χ4n) is 1.70. The molecule has 86 valence electrons. The molecule has 0 radical (unpaired) electrons.